The zero-order valence-corrected chi connectivity index (χ0v) is 16.5. The standard InChI is InChI=1S/C22H22NOPS/c1-23-17-22(19-11-5-2-6-12-19,20-13-7-3-8-14-20)18-24-25(23,26)21-15-9-4-10-16-21/h2-16H,17-18H2,1H3. The average molecular weight is 379 g/mol. The lowest BCUT2D eigenvalue weighted by Crippen LogP contribution is -2.48. The Labute approximate surface area is 160 Å². The highest BCUT2D eigenvalue weighted by Gasteiger charge is 2.45. The van der Waals surface area contributed by atoms with Crippen LogP contribution in [-0.4, -0.2) is 24.9 Å². The molecular weight excluding hydrogens is 357 g/mol. The molecule has 1 saturated heterocycles. The van der Waals surface area contributed by atoms with Crippen molar-refractivity contribution in [3.05, 3.63) is 102 Å². The monoisotopic (exact) mass is 379 g/mol. The highest BCUT2D eigenvalue weighted by atomic mass is 32.4. The van der Waals surface area contributed by atoms with Crippen LogP contribution in [0.3, 0.4) is 0 Å². The van der Waals surface area contributed by atoms with Crippen LogP contribution in [0.1, 0.15) is 11.1 Å². The Morgan fingerprint density at radius 3 is 1.73 bits per heavy atom. The molecule has 0 saturated carbocycles. The SMILES string of the molecule is CN1CC(c2ccccc2)(c2ccccc2)COP1(=S)c1ccccc1. The van der Waals surface area contributed by atoms with Crippen molar-refractivity contribution >= 4 is 23.5 Å². The van der Waals surface area contributed by atoms with E-state index in [9.17, 15) is 0 Å². The molecule has 0 amide bonds. The van der Waals surface area contributed by atoms with Crippen LogP contribution in [0.5, 0.6) is 0 Å². The van der Waals surface area contributed by atoms with Crippen LogP contribution < -0.4 is 5.30 Å². The predicted molar refractivity (Wildman–Crippen MR) is 113 cm³/mol. The Bertz CT molecular complexity index is 875. The smallest absolute Gasteiger partial charge is 0.161 e. The Morgan fingerprint density at radius 2 is 1.27 bits per heavy atom. The van der Waals surface area contributed by atoms with E-state index in [0.717, 1.165) is 11.8 Å². The molecule has 1 aliphatic rings. The maximum Gasteiger partial charge on any atom is 0.161 e. The molecule has 4 rings (SSSR count). The van der Waals surface area contributed by atoms with Crippen LogP contribution in [0.25, 0.3) is 0 Å². The molecule has 2 nitrogen and oxygen atoms in total. The van der Waals surface area contributed by atoms with Gasteiger partial charge >= 0.3 is 0 Å². The van der Waals surface area contributed by atoms with Crippen LogP contribution in [-0.2, 0) is 21.7 Å². The van der Waals surface area contributed by atoms with Gasteiger partial charge in [-0.15, -0.1) is 0 Å². The first-order valence-corrected chi connectivity index (χ1v) is 11.5. The van der Waals surface area contributed by atoms with Gasteiger partial charge in [0.25, 0.3) is 0 Å². The fraction of sp³-hybridized carbons (Fsp3) is 0.182. The molecule has 0 N–H and O–H groups in total. The topological polar surface area (TPSA) is 12.5 Å². The van der Waals surface area contributed by atoms with Crippen molar-refractivity contribution < 1.29 is 4.52 Å². The van der Waals surface area contributed by atoms with Crippen LogP contribution in [0.2, 0.25) is 0 Å². The van der Waals surface area contributed by atoms with Crippen molar-refractivity contribution in [1.29, 1.82) is 0 Å². The molecule has 1 fully saturated rings. The van der Waals surface area contributed by atoms with E-state index >= 15 is 0 Å². The Balaban J connectivity index is 1.78. The van der Waals surface area contributed by atoms with E-state index in [1.165, 1.54) is 11.1 Å². The number of likely N-dealkylation sites (N-methyl/N-ethyl adjacent to an activating group) is 1. The molecule has 0 aromatic heterocycles. The van der Waals surface area contributed by atoms with E-state index in [-0.39, 0.29) is 5.41 Å². The lowest BCUT2D eigenvalue weighted by molar-refractivity contribution is 0.186. The maximum atomic E-state index is 6.54. The molecule has 0 bridgehead atoms. The summed E-state index contributed by atoms with van der Waals surface area (Å²) in [7, 11) is 2.10. The minimum absolute atomic E-state index is 0.214. The normalized spacial score (nSPS) is 22.8. The van der Waals surface area contributed by atoms with E-state index in [2.05, 4.69) is 84.5 Å². The highest BCUT2D eigenvalue weighted by molar-refractivity contribution is 8.14. The molecule has 132 valence electrons. The van der Waals surface area contributed by atoms with Gasteiger partial charge in [0, 0.05) is 11.8 Å². The summed E-state index contributed by atoms with van der Waals surface area (Å²) < 4.78 is 8.81. The Morgan fingerprint density at radius 1 is 0.808 bits per heavy atom. The Kier molecular flexibility index (Phi) is 4.81. The van der Waals surface area contributed by atoms with Crippen molar-refractivity contribution in [1.82, 2.24) is 4.67 Å². The van der Waals surface area contributed by atoms with Crippen LogP contribution in [0, 0.1) is 0 Å². The largest absolute Gasteiger partial charge is 0.333 e. The summed E-state index contributed by atoms with van der Waals surface area (Å²) in [5, 5.41) is 1.12. The molecule has 1 atom stereocenters. The second kappa shape index (κ2) is 7.09. The van der Waals surface area contributed by atoms with Crippen molar-refractivity contribution in [3.8, 4) is 0 Å². The summed E-state index contributed by atoms with van der Waals surface area (Å²) >= 11 is 6.06. The Hall–Kier alpha value is -1.77. The van der Waals surface area contributed by atoms with Gasteiger partial charge in [0.2, 0.25) is 0 Å². The first kappa shape index (κ1) is 17.6. The minimum Gasteiger partial charge on any atom is -0.333 e. The van der Waals surface area contributed by atoms with Crippen molar-refractivity contribution in [2.45, 2.75) is 5.41 Å². The third kappa shape index (κ3) is 2.95. The second-order valence-corrected chi connectivity index (χ2v) is 10.7. The van der Waals surface area contributed by atoms with Crippen molar-refractivity contribution in [3.63, 3.8) is 0 Å². The molecule has 3 aromatic rings. The molecule has 0 aliphatic carbocycles. The van der Waals surface area contributed by atoms with Crippen molar-refractivity contribution in [2.75, 3.05) is 20.2 Å². The van der Waals surface area contributed by atoms with E-state index in [1.807, 2.05) is 18.2 Å². The van der Waals surface area contributed by atoms with Gasteiger partial charge in [-0.05, 0) is 30.0 Å². The zero-order chi connectivity index (χ0) is 18.0. The van der Waals surface area contributed by atoms with E-state index < -0.39 is 6.42 Å². The third-order valence-electron chi connectivity index (χ3n) is 5.17. The maximum absolute atomic E-state index is 6.54. The summed E-state index contributed by atoms with van der Waals surface area (Å²) in [4.78, 5) is 0. The predicted octanol–water partition coefficient (Wildman–Crippen LogP) is 4.57. The quantitative estimate of drug-likeness (QED) is 0.619. The number of rotatable bonds is 3. The van der Waals surface area contributed by atoms with Gasteiger partial charge < -0.3 is 4.52 Å². The number of hydrogen-bond donors (Lipinski definition) is 0. The molecule has 3 aromatic carbocycles. The van der Waals surface area contributed by atoms with Gasteiger partial charge in [-0.1, -0.05) is 91.0 Å². The summed E-state index contributed by atoms with van der Waals surface area (Å²) in [6.07, 6.45) is -2.21. The fourth-order valence-corrected chi connectivity index (χ4v) is 6.55. The van der Waals surface area contributed by atoms with Crippen LogP contribution in [0.15, 0.2) is 91.0 Å². The summed E-state index contributed by atoms with van der Waals surface area (Å²) in [6.45, 7) is 1.44. The van der Waals surface area contributed by atoms with Gasteiger partial charge in [0.1, 0.15) is 0 Å². The van der Waals surface area contributed by atoms with Gasteiger partial charge in [0.05, 0.1) is 12.0 Å². The van der Waals surface area contributed by atoms with E-state index in [4.69, 9.17) is 16.3 Å². The fourth-order valence-electron chi connectivity index (χ4n) is 3.74. The third-order valence-corrected chi connectivity index (χ3v) is 9.42. The first-order chi connectivity index (χ1) is 12.7. The lowest BCUT2D eigenvalue weighted by Gasteiger charge is -2.47. The lowest BCUT2D eigenvalue weighted by atomic mass is 9.75. The molecule has 1 unspecified atom stereocenters. The van der Waals surface area contributed by atoms with Crippen molar-refractivity contribution in [2.24, 2.45) is 0 Å². The summed E-state index contributed by atoms with van der Waals surface area (Å²) in [5.41, 5.74) is 2.33. The van der Waals surface area contributed by atoms with Gasteiger partial charge in [0.15, 0.2) is 6.42 Å². The highest BCUT2D eigenvalue weighted by Crippen LogP contribution is 2.56. The summed E-state index contributed by atoms with van der Waals surface area (Å²) in [5.74, 6) is 0. The van der Waals surface area contributed by atoms with Crippen LogP contribution >= 0.6 is 6.42 Å². The first-order valence-electron chi connectivity index (χ1n) is 8.78. The van der Waals surface area contributed by atoms with E-state index in [1.54, 1.807) is 0 Å². The summed E-state index contributed by atoms with van der Waals surface area (Å²) in [6, 6.07) is 31.6. The van der Waals surface area contributed by atoms with Gasteiger partial charge in [-0.2, -0.15) is 0 Å². The number of hydrogen-bond acceptors (Lipinski definition) is 2. The van der Waals surface area contributed by atoms with Gasteiger partial charge in [-0.25, -0.2) is 0 Å². The van der Waals surface area contributed by atoms with Crippen LogP contribution in [0.4, 0.5) is 0 Å². The zero-order valence-electron chi connectivity index (χ0n) is 14.8. The average Bonchev–Trinajstić information content (AvgIpc) is 2.72. The number of nitrogens with zero attached hydrogens (tertiary/aromatic N) is 1. The molecular formula is C22H22NOPS. The minimum atomic E-state index is -2.21. The molecule has 4 heteroatoms. The molecule has 26 heavy (non-hydrogen) atoms. The molecule has 1 aliphatic heterocycles. The second-order valence-electron chi connectivity index (χ2n) is 6.76. The number of benzene rings is 3. The van der Waals surface area contributed by atoms with Gasteiger partial charge in [-0.3, -0.25) is 4.67 Å². The van der Waals surface area contributed by atoms with E-state index in [0.29, 0.717) is 6.61 Å². The molecule has 0 spiro atoms. The molecule has 1 heterocycles. The molecule has 0 radical (unpaired) electrons.